The van der Waals surface area contributed by atoms with Gasteiger partial charge in [-0.25, -0.2) is 9.97 Å². The van der Waals surface area contributed by atoms with Gasteiger partial charge in [0.1, 0.15) is 5.58 Å². The molecule has 1 atom stereocenters. The van der Waals surface area contributed by atoms with E-state index in [4.69, 9.17) is 13.9 Å². The number of nitrogens with zero attached hydrogens (tertiary/aromatic N) is 3. The first-order valence-electron chi connectivity index (χ1n) is 11.5. The standard InChI is InChI=1S/C27H25N3O5/c1-5-33-19-9-8-17(14-21(19)34-6-2)23-22-24(31)18-12-15(3)16(4)13-20(18)35-25(22)26(32)30(23)27-28-10-7-11-29-27/h7-14,23H,5-6H2,1-4H3. The summed E-state index contributed by atoms with van der Waals surface area (Å²) in [5.41, 5.74) is 2.97. The lowest BCUT2D eigenvalue weighted by atomic mass is 9.97. The Morgan fingerprint density at radius 1 is 0.943 bits per heavy atom. The third-order valence-corrected chi connectivity index (χ3v) is 6.14. The molecular formula is C27H25N3O5. The number of aromatic nitrogens is 2. The van der Waals surface area contributed by atoms with E-state index < -0.39 is 11.9 Å². The summed E-state index contributed by atoms with van der Waals surface area (Å²) in [5.74, 6) is 0.812. The van der Waals surface area contributed by atoms with E-state index in [9.17, 15) is 9.59 Å². The summed E-state index contributed by atoms with van der Waals surface area (Å²) in [5, 5.41) is 0.427. The first kappa shape index (κ1) is 22.6. The molecule has 0 bridgehead atoms. The van der Waals surface area contributed by atoms with Gasteiger partial charge in [-0.3, -0.25) is 14.5 Å². The molecule has 0 spiro atoms. The monoisotopic (exact) mass is 471 g/mol. The van der Waals surface area contributed by atoms with Crippen LogP contribution in [0.15, 0.2) is 58.0 Å². The zero-order valence-electron chi connectivity index (χ0n) is 20.0. The number of amides is 1. The molecule has 2 aromatic carbocycles. The molecule has 0 aliphatic carbocycles. The molecule has 1 unspecified atom stereocenters. The maximum absolute atomic E-state index is 13.8. The number of hydrogen-bond donors (Lipinski definition) is 0. The van der Waals surface area contributed by atoms with Crippen molar-refractivity contribution in [2.45, 2.75) is 33.7 Å². The van der Waals surface area contributed by atoms with Gasteiger partial charge in [0.05, 0.1) is 30.2 Å². The van der Waals surface area contributed by atoms with Gasteiger partial charge in [0.25, 0.3) is 5.91 Å². The quantitative estimate of drug-likeness (QED) is 0.401. The topological polar surface area (TPSA) is 94.8 Å². The lowest BCUT2D eigenvalue weighted by molar-refractivity contribution is 0.0969. The Morgan fingerprint density at radius 3 is 2.34 bits per heavy atom. The maximum atomic E-state index is 13.8. The minimum Gasteiger partial charge on any atom is -0.490 e. The Labute approximate surface area is 202 Å². The second-order valence-corrected chi connectivity index (χ2v) is 8.31. The zero-order valence-corrected chi connectivity index (χ0v) is 20.0. The van der Waals surface area contributed by atoms with Gasteiger partial charge in [0.2, 0.25) is 11.7 Å². The molecule has 35 heavy (non-hydrogen) atoms. The summed E-state index contributed by atoms with van der Waals surface area (Å²) in [4.78, 5) is 37.5. The van der Waals surface area contributed by atoms with Gasteiger partial charge in [0, 0.05) is 12.4 Å². The number of hydrogen-bond acceptors (Lipinski definition) is 7. The number of aryl methyl sites for hydroxylation is 2. The van der Waals surface area contributed by atoms with E-state index in [2.05, 4.69) is 9.97 Å². The Kier molecular flexibility index (Phi) is 5.72. The van der Waals surface area contributed by atoms with Crippen LogP contribution in [0.25, 0.3) is 11.0 Å². The largest absolute Gasteiger partial charge is 0.490 e. The minimum atomic E-state index is -0.794. The molecule has 0 saturated carbocycles. The molecule has 0 N–H and O–H groups in total. The summed E-state index contributed by atoms with van der Waals surface area (Å²) in [6.45, 7) is 8.56. The fraction of sp³-hybridized carbons (Fsp3) is 0.259. The second-order valence-electron chi connectivity index (χ2n) is 8.31. The molecular weight excluding hydrogens is 446 g/mol. The Balaban J connectivity index is 1.79. The fourth-order valence-corrected chi connectivity index (χ4v) is 4.40. The third kappa shape index (κ3) is 3.71. The molecule has 2 aromatic heterocycles. The van der Waals surface area contributed by atoms with Crippen molar-refractivity contribution in [2.24, 2.45) is 0 Å². The van der Waals surface area contributed by atoms with Crippen molar-refractivity contribution in [1.29, 1.82) is 0 Å². The smallest absolute Gasteiger partial charge is 0.297 e. The Hall–Kier alpha value is -4.20. The van der Waals surface area contributed by atoms with E-state index in [0.29, 0.717) is 41.2 Å². The fourth-order valence-electron chi connectivity index (χ4n) is 4.40. The van der Waals surface area contributed by atoms with E-state index in [1.807, 2.05) is 39.8 Å². The third-order valence-electron chi connectivity index (χ3n) is 6.14. The molecule has 0 fully saturated rings. The normalized spacial score (nSPS) is 14.9. The number of benzene rings is 2. The molecule has 5 rings (SSSR count). The van der Waals surface area contributed by atoms with Gasteiger partial charge in [0.15, 0.2) is 16.9 Å². The molecule has 4 aromatic rings. The van der Waals surface area contributed by atoms with Crippen molar-refractivity contribution < 1.29 is 18.7 Å². The van der Waals surface area contributed by atoms with Crippen LogP contribution >= 0.6 is 0 Å². The van der Waals surface area contributed by atoms with Crippen molar-refractivity contribution in [1.82, 2.24) is 9.97 Å². The first-order valence-corrected chi connectivity index (χ1v) is 11.5. The van der Waals surface area contributed by atoms with Crippen molar-refractivity contribution in [3.63, 3.8) is 0 Å². The highest BCUT2D eigenvalue weighted by Crippen LogP contribution is 2.42. The van der Waals surface area contributed by atoms with Crippen molar-refractivity contribution >= 4 is 22.8 Å². The highest BCUT2D eigenvalue weighted by molar-refractivity contribution is 6.09. The number of carbonyl (C=O) groups excluding carboxylic acids is 1. The van der Waals surface area contributed by atoms with E-state index in [1.165, 1.54) is 4.90 Å². The highest BCUT2D eigenvalue weighted by atomic mass is 16.5. The van der Waals surface area contributed by atoms with Crippen LogP contribution in [0.3, 0.4) is 0 Å². The van der Waals surface area contributed by atoms with Crippen molar-refractivity contribution in [3.8, 4) is 11.5 Å². The summed E-state index contributed by atoms with van der Waals surface area (Å²) in [6, 6.07) is 9.87. The van der Waals surface area contributed by atoms with E-state index >= 15 is 0 Å². The lowest BCUT2D eigenvalue weighted by Gasteiger charge is -2.24. The maximum Gasteiger partial charge on any atom is 0.297 e. The van der Waals surface area contributed by atoms with Gasteiger partial charge in [-0.15, -0.1) is 0 Å². The van der Waals surface area contributed by atoms with E-state index in [0.717, 1.165) is 11.1 Å². The number of rotatable bonds is 6. The van der Waals surface area contributed by atoms with E-state index in [-0.39, 0.29) is 22.7 Å². The van der Waals surface area contributed by atoms with Crippen LogP contribution in [0.2, 0.25) is 0 Å². The molecule has 0 saturated heterocycles. The second kappa shape index (κ2) is 8.87. The molecule has 8 nitrogen and oxygen atoms in total. The predicted octanol–water partition coefficient (Wildman–Crippen LogP) is 4.75. The van der Waals surface area contributed by atoms with Crippen LogP contribution in [0.1, 0.15) is 52.7 Å². The lowest BCUT2D eigenvalue weighted by Crippen LogP contribution is -2.31. The van der Waals surface area contributed by atoms with Gasteiger partial charge in [-0.1, -0.05) is 6.07 Å². The number of ether oxygens (including phenoxy) is 2. The molecule has 1 aliphatic rings. The summed E-state index contributed by atoms with van der Waals surface area (Å²) < 4.78 is 17.6. The van der Waals surface area contributed by atoms with E-state index in [1.54, 1.807) is 36.7 Å². The molecule has 178 valence electrons. The summed E-state index contributed by atoms with van der Waals surface area (Å²) >= 11 is 0. The minimum absolute atomic E-state index is 0.00458. The van der Waals surface area contributed by atoms with Crippen molar-refractivity contribution in [3.05, 3.63) is 87.0 Å². The van der Waals surface area contributed by atoms with Crippen LogP contribution in [0.4, 0.5) is 5.95 Å². The molecule has 3 heterocycles. The number of carbonyl (C=O) groups is 1. The van der Waals surface area contributed by atoms with Crippen molar-refractivity contribution in [2.75, 3.05) is 18.1 Å². The Morgan fingerprint density at radius 2 is 1.63 bits per heavy atom. The first-order chi connectivity index (χ1) is 16.9. The highest BCUT2D eigenvalue weighted by Gasteiger charge is 2.45. The van der Waals surface area contributed by atoms with Gasteiger partial charge >= 0.3 is 0 Å². The number of fused-ring (bicyclic) bond motifs is 2. The average Bonchev–Trinajstić information content (AvgIpc) is 3.15. The van der Waals surface area contributed by atoms with Gasteiger partial charge < -0.3 is 13.9 Å². The van der Waals surface area contributed by atoms with Crippen LogP contribution in [0.5, 0.6) is 11.5 Å². The van der Waals surface area contributed by atoms with Crippen LogP contribution in [-0.4, -0.2) is 29.1 Å². The number of anilines is 1. The predicted molar refractivity (Wildman–Crippen MR) is 131 cm³/mol. The SMILES string of the molecule is CCOc1ccc(C2c3c(oc4cc(C)c(C)cc4c3=O)C(=O)N2c2ncccn2)cc1OCC. The summed E-state index contributed by atoms with van der Waals surface area (Å²) in [6.07, 6.45) is 3.11. The molecule has 8 heteroatoms. The molecule has 1 amide bonds. The van der Waals surface area contributed by atoms with Gasteiger partial charge in [-0.2, -0.15) is 0 Å². The van der Waals surface area contributed by atoms with Crippen LogP contribution in [0, 0.1) is 13.8 Å². The molecule has 0 radical (unpaired) electrons. The van der Waals surface area contributed by atoms with Crippen LogP contribution < -0.4 is 19.8 Å². The van der Waals surface area contributed by atoms with Crippen LogP contribution in [-0.2, 0) is 0 Å². The summed E-state index contributed by atoms with van der Waals surface area (Å²) in [7, 11) is 0. The average molecular weight is 472 g/mol. The zero-order chi connectivity index (χ0) is 24.7. The molecule has 1 aliphatic heterocycles. The van der Waals surface area contributed by atoms with Gasteiger partial charge in [-0.05, 0) is 74.7 Å². The Bertz CT molecular complexity index is 1500.